The SMILES string of the molecule is N#CCCN(C1CC1)C1CCCCNC1=O. The summed E-state index contributed by atoms with van der Waals surface area (Å²) in [6.45, 7) is 1.56. The average molecular weight is 221 g/mol. The fourth-order valence-electron chi connectivity index (χ4n) is 2.42. The summed E-state index contributed by atoms with van der Waals surface area (Å²) in [5.74, 6) is 0.169. The van der Waals surface area contributed by atoms with Crippen molar-refractivity contribution in [2.75, 3.05) is 13.1 Å². The van der Waals surface area contributed by atoms with Crippen LogP contribution in [0.5, 0.6) is 0 Å². The molecule has 1 aliphatic heterocycles. The first-order valence-corrected chi connectivity index (χ1v) is 6.23. The van der Waals surface area contributed by atoms with Gasteiger partial charge in [0, 0.05) is 25.6 Å². The molecule has 2 aliphatic rings. The molecule has 1 heterocycles. The van der Waals surface area contributed by atoms with E-state index in [2.05, 4.69) is 16.3 Å². The summed E-state index contributed by atoms with van der Waals surface area (Å²) in [4.78, 5) is 14.2. The van der Waals surface area contributed by atoms with Gasteiger partial charge in [-0.2, -0.15) is 5.26 Å². The van der Waals surface area contributed by atoms with Crippen LogP contribution in [0.3, 0.4) is 0 Å². The number of hydrogen-bond donors (Lipinski definition) is 1. The second-order valence-corrected chi connectivity index (χ2v) is 4.68. The highest BCUT2D eigenvalue weighted by Gasteiger charge is 2.37. The number of hydrogen-bond acceptors (Lipinski definition) is 3. The predicted molar refractivity (Wildman–Crippen MR) is 60.6 cm³/mol. The van der Waals surface area contributed by atoms with Gasteiger partial charge in [-0.05, 0) is 32.1 Å². The molecule has 1 saturated carbocycles. The largest absolute Gasteiger partial charge is 0.355 e. The smallest absolute Gasteiger partial charge is 0.237 e. The van der Waals surface area contributed by atoms with E-state index in [-0.39, 0.29) is 11.9 Å². The van der Waals surface area contributed by atoms with Crippen molar-refractivity contribution in [3.05, 3.63) is 0 Å². The summed E-state index contributed by atoms with van der Waals surface area (Å²) in [6, 6.07) is 2.75. The van der Waals surface area contributed by atoms with E-state index in [1.54, 1.807) is 0 Å². The van der Waals surface area contributed by atoms with E-state index in [1.165, 1.54) is 12.8 Å². The number of nitriles is 1. The van der Waals surface area contributed by atoms with Gasteiger partial charge in [0.05, 0.1) is 12.1 Å². The summed E-state index contributed by atoms with van der Waals surface area (Å²) in [7, 11) is 0. The molecule has 88 valence electrons. The van der Waals surface area contributed by atoms with Crippen LogP contribution in [-0.4, -0.2) is 36.0 Å². The van der Waals surface area contributed by atoms with Crippen molar-refractivity contribution in [1.82, 2.24) is 10.2 Å². The van der Waals surface area contributed by atoms with E-state index in [9.17, 15) is 4.79 Å². The number of amides is 1. The van der Waals surface area contributed by atoms with E-state index in [0.717, 1.165) is 32.4 Å². The molecule has 1 saturated heterocycles. The highest BCUT2D eigenvalue weighted by molar-refractivity contribution is 5.82. The van der Waals surface area contributed by atoms with Crippen molar-refractivity contribution in [2.24, 2.45) is 0 Å². The monoisotopic (exact) mass is 221 g/mol. The van der Waals surface area contributed by atoms with Gasteiger partial charge in [0.1, 0.15) is 0 Å². The van der Waals surface area contributed by atoms with Crippen LogP contribution in [0.25, 0.3) is 0 Å². The van der Waals surface area contributed by atoms with E-state index < -0.39 is 0 Å². The summed E-state index contributed by atoms with van der Waals surface area (Å²) >= 11 is 0. The second-order valence-electron chi connectivity index (χ2n) is 4.68. The van der Waals surface area contributed by atoms with Crippen molar-refractivity contribution < 1.29 is 4.79 Å². The van der Waals surface area contributed by atoms with Crippen molar-refractivity contribution in [2.45, 2.75) is 50.6 Å². The molecule has 1 aliphatic carbocycles. The van der Waals surface area contributed by atoms with Crippen molar-refractivity contribution in [1.29, 1.82) is 5.26 Å². The number of carbonyl (C=O) groups is 1. The van der Waals surface area contributed by atoms with Crippen LogP contribution in [0.15, 0.2) is 0 Å². The Labute approximate surface area is 96.6 Å². The first-order chi connectivity index (χ1) is 7.83. The highest BCUT2D eigenvalue weighted by atomic mass is 16.2. The number of carbonyl (C=O) groups excluding carboxylic acids is 1. The minimum absolute atomic E-state index is 0.0170. The zero-order chi connectivity index (χ0) is 11.4. The lowest BCUT2D eigenvalue weighted by Crippen LogP contribution is -2.47. The Kier molecular flexibility index (Phi) is 3.79. The number of nitrogens with zero attached hydrogens (tertiary/aromatic N) is 2. The van der Waals surface area contributed by atoms with Gasteiger partial charge >= 0.3 is 0 Å². The molecular formula is C12H19N3O. The maximum Gasteiger partial charge on any atom is 0.237 e. The lowest BCUT2D eigenvalue weighted by atomic mass is 10.1. The van der Waals surface area contributed by atoms with E-state index >= 15 is 0 Å². The van der Waals surface area contributed by atoms with Gasteiger partial charge in [0.25, 0.3) is 0 Å². The molecule has 1 amide bonds. The van der Waals surface area contributed by atoms with E-state index in [4.69, 9.17) is 5.26 Å². The van der Waals surface area contributed by atoms with Gasteiger partial charge in [0.2, 0.25) is 5.91 Å². The van der Waals surface area contributed by atoms with Gasteiger partial charge in [-0.15, -0.1) is 0 Å². The summed E-state index contributed by atoms with van der Waals surface area (Å²) in [6.07, 6.45) is 6.05. The van der Waals surface area contributed by atoms with Gasteiger partial charge in [0.15, 0.2) is 0 Å². The molecule has 0 aromatic carbocycles. The first-order valence-electron chi connectivity index (χ1n) is 6.23. The normalized spacial score (nSPS) is 26.0. The standard InChI is InChI=1S/C12H19N3O/c13-7-3-9-15(10-5-6-10)11-4-1-2-8-14-12(11)16/h10-11H,1-6,8-9H2,(H,14,16). The zero-order valence-electron chi connectivity index (χ0n) is 9.61. The van der Waals surface area contributed by atoms with Crippen molar-refractivity contribution in [3.63, 3.8) is 0 Å². The fraction of sp³-hybridized carbons (Fsp3) is 0.833. The minimum Gasteiger partial charge on any atom is -0.355 e. The molecule has 16 heavy (non-hydrogen) atoms. The van der Waals surface area contributed by atoms with Crippen LogP contribution in [0, 0.1) is 11.3 Å². The Balaban J connectivity index is 1.99. The summed E-state index contributed by atoms with van der Waals surface area (Å²) in [5, 5.41) is 11.6. The topological polar surface area (TPSA) is 56.1 Å². The molecule has 4 heteroatoms. The Morgan fingerprint density at radius 3 is 2.88 bits per heavy atom. The molecule has 0 radical (unpaired) electrons. The zero-order valence-corrected chi connectivity index (χ0v) is 9.61. The van der Waals surface area contributed by atoms with Gasteiger partial charge in [-0.1, -0.05) is 0 Å². The van der Waals surface area contributed by atoms with Crippen LogP contribution in [0.4, 0.5) is 0 Å². The lowest BCUT2D eigenvalue weighted by molar-refractivity contribution is -0.126. The number of rotatable bonds is 4. The Bertz CT molecular complexity index is 293. The molecule has 4 nitrogen and oxygen atoms in total. The second kappa shape index (κ2) is 5.31. The highest BCUT2D eigenvalue weighted by Crippen LogP contribution is 2.30. The van der Waals surface area contributed by atoms with E-state index in [1.807, 2.05) is 0 Å². The molecule has 2 fully saturated rings. The van der Waals surface area contributed by atoms with Crippen LogP contribution >= 0.6 is 0 Å². The maximum absolute atomic E-state index is 11.9. The minimum atomic E-state index is 0.0170. The average Bonchev–Trinajstić information content (AvgIpc) is 3.09. The molecule has 0 aromatic rings. The third-order valence-corrected chi connectivity index (χ3v) is 3.40. The summed E-state index contributed by atoms with van der Waals surface area (Å²) < 4.78 is 0. The number of nitrogens with one attached hydrogen (secondary N) is 1. The van der Waals surface area contributed by atoms with Gasteiger partial charge in [-0.25, -0.2) is 0 Å². The van der Waals surface area contributed by atoms with Gasteiger partial charge < -0.3 is 5.32 Å². The Morgan fingerprint density at radius 2 is 2.19 bits per heavy atom. The fourth-order valence-corrected chi connectivity index (χ4v) is 2.42. The molecule has 2 rings (SSSR count). The quantitative estimate of drug-likeness (QED) is 0.771. The molecule has 0 aromatic heterocycles. The molecule has 0 bridgehead atoms. The Hall–Kier alpha value is -1.08. The summed E-state index contributed by atoms with van der Waals surface area (Å²) in [5.41, 5.74) is 0. The molecule has 1 atom stereocenters. The van der Waals surface area contributed by atoms with Crippen LogP contribution < -0.4 is 5.32 Å². The predicted octanol–water partition coefficient (Wildman–Crippen LogP) is 1.03. The molecule has 0 spiro atoms. The van der Waals surface area contributed by atoms with Crippen molar-refractivity contribution >= 4 is 5.91 Å². The van der Waals surface area contributed by atoms with Crippen molar-refractivity contribution in [3.8, 4) is 6.07 Å². The molecular weight excluding hydrogens is 202 g/mol. The van der Waals surface area contributed by atoms with Crippen LogP contribution in [-0.2, 0) is 4.79 Å². The third kappa shape index (κ3) is 2.73. The molecule has 1 N–H and O–H groups in total. The molecule has 1 unspecified atom stereocenters. The Morgan fingerprint density at radius 1 is 1.38 bits per heavy atom. The lowest BCUT2D eigenvalue weighted by Gasteiger charge is -2.28. The van der Waals surface area contributed by atoms with E-state index in [0.29, 0.717) is 12.5 Å². The third-order valence-electron chi connectivity index (χ3n) is 3.40. The van der Waals surface area contributed by atoms with Gasteiger partial charge in [-0.3, -0.25) is 9.69 Å². The van der Waals surface area contributed by atoms with Crippen LogP contribution in [0.1, 0.15) is 38.5 Å². The first kappa shape index (κ1) is 11.4. The van der Waals surface area contributed by atoms with Crippen LogP contribution in [0.2, 0.25) is 0 Å². The maximum atomic E-state index is 11.9.